The van der Waals surface area contributed by atoms with E-state index in [4.69, 9.17) is 5.21 Å². The molecule has 3 N–H and O–H groups in total. The molecule has 0 aliphatic heterocycles. The predicted molar refractivity (Wildman–Crippen MR) is 90.2 cm³/mol. The van der Waals surface area contributed by atoms with E-state index in [9.17, 15) is 9.59 Å². The molecule has 5 nitrogen and oxygen atoms in total. The van der Waals surface area contributed by atoms with Crippen LogP contribution in [0.4, 0.5) is 5.69 Å². The van der Waals surface area contributed by atoms with Crippen LogP contribution in [-0.2, 0) is 0 Å². The minimum Gasteiger partial charge on any atom is -0.322 e. The first kappa shape index (κ1) is 15.2. The first-order valence-electron chi connectivity index (χ1n) is 6.93. The Morgan fingerprint density at radius 2 is 1.87 bits per heavy atom. The summed E-state index contributed by atoms with van der Waals surface area (Å²) in [5.41, 5.74) is 3.88. The minimum atomic E-state index is -0.545. The Kier molecular flexibility index (Phi) is 4.10. The van der Waals surface area contributed by atoms with Gasteiger partial charge in [-0.1, -0.05) is 17.7 Å². The maximum absolute atomic E-state index is 12.3. The van der Waals surface area contributed by atoms with E-state index in [2.05, 4.69) is 5.32 Å². The van der Waals surface area contributed by atoms with Gasteiger partial charge in [-0.3, -0.25) is 14.8 Å². The lowest BCUT2D eigenvalue weighted by molar-refractivity contribution is 0.0711. The molecular formula is C17H14N2O3S. The maximum atomic E-state index is 12.3. The lowest BCUT2D eigenvalue weighted by Gasteiger charge is -2.06. The maximum Gasteiger partial charge on any atom is 0.284 e. The number of hydrogen-bond acceptors (Lipinski definition) is 4. The number of anilines is 1. The van der Waals surface area contributed by atoms with E-state index in [-0.39, 0.29) is 5.91 Å². The molecule has 0 aliphatic carbocycles. The van der Waals surface area contributed by atoms with Crippen LogP contribution in [-0.4, -0.2) is 17.0 Å². The standard InChI is InChI=1S/C17H14N2O3S/c1-10-3-2-4-11(7-10)16(20)18-13-5-6-14-12(8-13)9-15(23-14)17(21)19-22/h2-9,22H,1H3,(H,18,20)(H,19,21). The van der Waals surface area contributed by atoms with Crippen molar-refractivity contribution in [3.8, 4) is 0 Å². The smallest absolute Gasteiger partial charge is 0.284 e. The van der Waals surface area contributed by atoms with Gasteiger partial charge in [0, 0.05) is 16.0 Å². The van der Waals surface area contributed by atoms with E-state index >= 15 is 0 Å². The number of carbonyl (C=O) groups excluding carboxylic acids is 2. The molecule has 1 heterocycles. The van der Waals surface area contributed by atoms with Crippen molar-refractivity contribution >= 4 is 38.9 Å². The molecule has 0 fully saturated rings. The molecule has 0 aliphatic rings. The second-order valence-electron chi connectivity index (χ2n) is 5.13. The number of hydrogen-bond donors (Lipinski definition) is 3. The van der Waals surface area contributed by atoms with E-state index in [0.717, 1.165) is 15.6 Å². The highest BCUT2D eigenvalue weighted by Gasteiger charge is 2.11. The van der Waals surface area contributed by atoms with Crippen molar-refractivity contribution in [2.24, 2.45) is 0 Å². The summed E-state index contributed by atoms with van der Waals surface area (Å²) in [6.45, 7) is 1.93. The summed E-state index contributed by atoms with van der Waals surface area (Å²) in [5.74, 6) is -0.729. The lowest BCUT2D eigenvalue weighted by atomic mass is 10.1. The molecule has 2 aromatic carbocycles. The van der Waals surface area contributed by atoms with Gasteiger partial charge in [0.1, 0.15) is 0 Å². The molecule has 0 saturated carbocycles. The fraction of sp³-hybridized carbons (Fsp3) is 0.0588. The number of carbonyl (C=O) groups is 2. The Balaban J connectivity index is 1.85. The second kappa shape index (κ2) is 6.20. The van der Waals surface area contributed by atoms with Crippen molar-refractivity contribution in [1.82, 2.24) is 5.48 Å². The molecule has 3 rings (SSSR count). The third kappa shape index (κ3) is 3.23. The zero-order valence-electron chi connectivity index (χ0n) is 12.3. The Hall–Kier alpha value is -2.70. The number of benzene rings is 2. The van der Waals surface area contributed by atoms with E-state index < -0.39 is 5.91 Å². The number of amides is 2. The highest BCUT2D eigenvalue weighted by molar-refractivity contribution is 7.20. The van der Waals surface area contributed by atoms with E-state index in [1.54, 1.807) is 29.7 Å². The fourth-order valence-electron chi connectivity index (χ4n) is 2.28. The zero-order valence-corrected chi connectivity index (χ0v) is 13.1. The summed E-state index contributed by atoms with van der Waals surface area (Å²) in [7, 11) is 0. The molecule has 6 heteroatoms. The van der Waals surface area contributed by atoms with Gasteiger partial charge in [0.25, 0.3) is 11.8 Å². The number of rotatable bonds is 3. The molecule has 23 heavy (non-hydrogen) atoms. The highest BCUT2D eigenvalue weighted by Crippen LogP contribution is 2.28. The van der Waals surface area contributed by atoms with Crippen molar-refractivity contribution in [3.63, 3.8) is 0 Å². The zero-order chi connectivity index (χ0) is 16.4. The number of aryl methyl sites for hydroxylation is 1. The van der Waals surface area contributed by atoms with Crippen molar-refractivity contribution in [3.05, 3.63) is 64.5 Å². The van der Waals surface area contributed by atoms with Gasteiger partial charge in [-0.2, -0.15) is 0 Å². The topological polar surface area (TPSA) is 78.4 Å². The normalized spacial score (nSPS) is 10.5. The number of hydroxylamine groups is 1. The van der Waals surface area contributed by atoms with Gasteiger partial charge in [0.15, 0.2) is 0 Å². The van der Waals surface area contributed by atoms with Crippen LogP contribution in [0.3, 0.4) is 0 Å². The van der Waals surface area contributed by atoms with Gasteiger partial charge in [-0.05, 0) is 48.7 Å². The number of fused-ring (bicyclic) bond motifs is 1. The Morgan fingerprint density at radius 3 is 2.61 bits per heavy atom. The van der Waals surface area contributed by atoms with Crippen LogP contribution in [0.2, 0.25) is 0 Å². The van der Waals surface area contributed by atoms with E-state index in [1.165, 1.54) is 11.3 Å². The molecule has 0 radical (unpaired) electrons. The third-order valence-electron chi connectivity index (χ3n) is 3.38. The SMILES string of the molecule is Cc1cccc(C(=O)Nc2ccc3sc(C(=O)NO)cc3c2)c1. The summed E-state index contributed by atoms with van der Waals surface area (Å²) in [4.78, 5) is 24.1. The van der Waals surface area contributed by atoms with Gasteiger partial charge >= 0.3 is 0 Å². The Morgan fingerprint density at radius 1 is 1.04 bits per heavy atom. The van der Waals surface area contributed by atoms with Gasteiger partial charge < -0.3 is 5.32 Å². The molecule has 1 aromatic heterocycles. The predicted octanol–water partition coefficient (Wildman–Crippen LogP) is 3.58. The van der Waals surface area contributed by atoms with Crippen LogP contribution < -0.4 is 10.8 Å². The summed E-state index contributed by atoms with van der Waals surface area (Å²) >= 11 is 1.27. The van der Waals surface area contributed by atoms with Gasteiger partial charge in [0.05, 0.1) is 4.88 Å². The van der Waals surface area contributed by atoms with Crippen LogP contribution in [0.1, 0.15) is 25.6 Å². The summed E-state index contributed by atoms with van der Waals surface area (Å²) in [6.07, 6.45) is 0. The van der Waals surface area contributed by atoms with E-state index in [1.807, 2.05) is 31.2 Å². The second-order valence-corrected chi connectivity index (χ2v) is 6.21. The van der Waals surface area contributed by atoms with Crippen LogP contribution in [0, 0.1) is 6.92 Å². The Labute approximate surface area is 136 Å². The summed E-state index contributed by atoms with van der Waals surface area (Å²) in [6, 6.07) is 14.4. The molecule has 0 saturated heterocycles. The molecular weight excluding hydrogens is 312 g/mol. The quantitative estimate of drug-likeness (QED) is 0.508. The van der Waals surface area contributed by atoms with Gasteiger partial charge in [-0.25, -0.2) is 5.48 Å². The summed E-state index contributed by atoms with van der Waals surface area (Å²) in [5, 5.41) is 12.4. The monoisotopic (exact) mass is 326 g/mol. The van der Waals surface area contributed by atoms with Gasteiger partial charge in [0.2, 0.25) is 0 Å². The fourth-order valence-corrected chi connectivity index (χ4v) is 3.21. The molecule has 3 aromatic rings. The highest BCUT2D eigenvalue weighted by atomic mass is 32.1. The molecule has 0 spiro atoms. The molecule has 2 amide bonds. The molecule has 116 valence electrons. The van der Waals surface area contributed by atoms with Crippen LogP contribution in [0.15, 0.2) is 48.5 Å². The summed E-state index contributed by atoms with van der Waals surface area (Å²) < 4.78 is 0.900. The largest absolute Gasteiger partial charge is 0.322 e. The first-order valence-corrected chi connectivity index (χ1v) is 7.74. The van der Waals surface area contributed by atoms with Crippen LogP contribution in [0.5, 0.6) is 0 Å². The van der Waals surface area contributed by atoms with Crippen molar-refractivity contribution in [2.45, 2.75) is 6.92 Å². The van der Waals surface area contributed by atoms with Crippen molar-refractivity contribution in [1.29, 1.82) is 0 Å². The molecule has 0 unspecified atom stereocenters. The average molecular weight is 326 g/mol. The Bertz CT molecular complexity index is 902. The molecule has 0 bridgehead atoms. The number of nitrogens with one attached hydrogen (secondary N) is 2. The third-order valence-corrected chi connectivity index (χ3v) is 4.49. The first-order chi connectivity index (χ1) is 11.1. The van der Waals surface area contributed by atoms with E-state index in [0.29, 0.717) is 16.1 Å². The van der Waals surface area contributed by atoms with Crippen molar-refractivity contribution in [2.75, 3.05) is 5.32 Å². The lowest BCUT2D eigenvalue weighted by Crippen LogP contribution is -2.16. The average Bonchev–Trinajstić information content (AvgIpc) is 2.97. The minimum absolute atomic E-state index is 0.184. The number of thiophene rings is 1. The van der Waals surface area contributed by atoms with Crippen LogP contribution >= 0.6 is 11.3 Å². The van der Waals surface area contributed by atoms with Crippen LogP contribution in [0.25, 0.3) is 10.1 Å². The molecule has 0 atom stereocenters. The van der Waals surface area contributed by atoms with Gasteiger partial charge in [-0.15, -0.1) is 11.3 Å². The van der Waals surface area contributed by atoms with Crippen molar-refractivity contribution < 1.29 is 14.8 Å².